The van der Waals surface area contributed by atoms with E-state index in [0.717, 1.165) is 30.2 Å². The number of nitrogens with zero attached hydrogens (tertiary/aromatic N) is 2. The van der Waals surface area contributed by atoms with Gasteiger partial charge in [0.05, 0.1) is 19.4 Å². The molecular formula is C16H23N3O2. The van der Waals surface area contributed by atoms with E-state index in [1.165, 1.54) is 5.56 Å². The molecule has 0 saturated carbocycles. The summed E-state index contributed by atoms with van der Waals surface area (Å²) in [5.41, 5.74) is 3.27. The number of nitrogens with one attached hydrogen (secondary N) is 1. The van der Waals surface area contributed by atoms with Crippen molar-refractivity contribution in [2.45, 2.75) is 20.4 Å². The van der Waals surface area contributed by atoms with Gasteiger partial charge in [-0.15, -0.1) is 0 Å². The van der Waals surface area contributed by atoms with Crippen LogP contribution in [0.2, 0.25) is 0 Å². The third-order valence-corrected chi connectivity index (χ3v) is 3.30. The van der Waals surface area contributed by atoms with Crippen molar-refractivity contribution in [3.8, 4) is 11.4 Å². The highest BCUT2D eigenvalue weighted by atomic mass is 16.5. The molecule has 1 heterocycles. The van der Waals surface area contributed by atoms with Crippen LogP contribution in [0.25, 0.3) is 5.69 Å². The van der Waals surface area contributed by atoms with E-state index in [1.807, 2.05) is 42.1 Å². The van der Waals surface area contributed by atoms with E-state index in [1.54, 1.807) is 7.11 Å². The Hall–Kier alpha value is -1.85. The van der Waals surface area contributed by atoms with Gasteiger partial charge in [0.25, 0.3) is 0 Å². The lowest BCUT2D eigenvalue weighted by Crippen LogP contribution is -2.18. The topological polar surface area (TPSA) is 48.3 Å². The fourth-order valence-corrected chi connectivity index (χ4v) is 2.17. The van der Waals surface area contributed by atoms with Crippen molar-refractivity contribution in [3.63, 3.8) is 0 Å². The molecule has 0 aliphatic heterocycles. The molecule has 1 aromatic heterocycles. The van der Waals surface area contributed by atoms with Crippen LogP contribution in [-0.2, 0) is 11.3 Å². The summed E-state index contributed by atoms with van der Waals surface area (Å²) in [5, 5.41) is 7.83. The number of para-hydroxylation sites is 2. The Kier molecular flexibility index (Phi) is 5.78. The molecule has 1 aromatic carbocycles. The van der Waals surface area contributed by atoms with Crippen molar-refractivity contribution < 1.29 is 9.47 Å². The van der Waals surface area contributed by atoms with E-state index >= 15 is 0 Å². The highest BCUT2D eigenvalue weighted by Gasteiger charge is 2.11. The second kappa shape index (κ2) is 7.81. The van der Waals surface area contributed by atoms with Gasteiger partial charge < -0.3 is 14.8 Å². The Morgan fingerprint density at radius 2 is 2.10 bits per heavy atom. The number of methoxy groups -OCH3 is 1. The van der Waals surface area contributed by atoms with Gasteiger partial charge in [-0.05, 0) is 26.0 Å². The predicted molar refractivity (Wildman–Crippen MR) is 83.1 cm³/mol. The zero-order valence-electron chi connectivity index (χ0n) is 12.9. The summed E-state index contributed by atoms with van der Waals surface area (Å²) in [5.74, 6) is 0.852. The molecule has 0 atom stereocenters. The molecule has 114 valence electrons. The summed E-state index contributed by atoms with van der Waals surface area (Å²) in [6.45, 7) is 7.02. The van der Waals surface area contributed by atoms with Crippen LogP contribution >= 0.6 is 0 Å². The molecule has 21 heavy (non-hydrogen) atoms. The normalized spacial score (nSPS) is 10.8. The third-order valence-electron chi connectivity index (χ3n) is 3.30. The fraction of sp³-hybridized carbons (Fsp3) is 0.438. The van der Waals surface area contributed by atoms with E-state index in [9.17, 15) is 0 Å². The summed E-state index contributed by atoms with van der Waals surface area (Å²) >= 11 is 0. The summed E-state index contributed by atoms with van der Waals surface area (Å²) in [6, 6.07) is 7.96. The Balaban J connectivity index is 2.16. The van der Waals surface area contributed by atoms with Crippen molar-refractivity contribution in [1.82, 2.24) is 15.1 Å². The number of hydrogen-bond donors (Lipinski definition) is 1. The second-order valence-corrected chi connectivity index (χ2v) is 4.74. The Morgan fingerprint density at radius 3 is 2.86 bits per heavy atom. The molecule has 5 heteroatoms. The lowest BCUT2D eigenvalue weighted by molar-refractivity contribution is 0.199. The minimum absolute atomic E-state index is 0.642. The van der Waals surface area contributed by atoms with Crippen molar-refractivity contribution in [2.24, 2.45) is 0 Å². The van der Waals surface area contributed by atoms with Crippen LogP contribution in [0.3, 0.4) is 0 Å². The Bertz CT molecular complexity index is 566. The first-order valence-electron chi connectivity index (χ1n) is 7.23. The SMILES string of the molecule is CCOc1ccccc1-n1ncc(CNCCOC)c1C. The minimum atomic E-state index is 0.642. The lowest BCUT2D eigenvalue weighted by Gasteiger charge is -2.11. The van der Waals surface area contributed by atoms with Gasteiger partial charge in [-0.1, -0.05) is 12.1 Å². The molecule has 0 bridgehead atoms. The zero-order chi connectivity index (χ0) is 15.1. The first-order chi connectivity index (χ1) is 10.3. The molecule has 0 amide bonds. The summed E-state index contributed by atoms with van der Waals surface area (Å²) < 4.78 is 12.6. The van der Waals surface area contributed by atoms with Gasteiger partial charge in [-0.2, -0.15) is 5.10 Å². The highest BCUT2D eigenvalue weighted by molar-refractivity contribution is 5.47. The van der Waals surface area contributed by atoms with Crippen LogP contribution in [0.4, 0.5) is 0 Å². The summed E-state index contributed by atoms with van der Waals surface area (Å²) in [7, 11) is 1.70. The average molecular weight is 289 g/mol. The molecule has 0 saturated heterocycles. The molecule has 2 rings (SSSR count). The molecule has 0 aliphatic rings. The minimum Gasteiger partial charge on any atom is -0.492 e. The van der Waals surface area contributed by atoms with Crippen LogP contribution in [0.1, 0.15) is 18.2 Å². The van der Waals surface area contributed by atoms with Gasteiger partial charge in [0.1, 0.15) is 11.4 Å². The van der Waals surface area contributed by atoms with Gasteiger partial charge >= 0.3 is 0 Å². The zero-order valence-corrected chi connectivity index (χ0v) is 12.9. The summed E-state index contributed by atoms with van der Waals surface area (Å²) in [6.07, 6.45) is 1.90. The number of benzene rings is 1. The number of hydrogen-bond acceptors (Lipinski definition) is 4. The molecule has 0 fully saturated rings. The van der Waals surface area contributed by atoms with E-state index in [4.69, 9.17) is 9.47 Å². The van der Waals surface area contributed by atoms with Crippen LogP contribution < -0.4 is 10.1 Å². The molecular weight excluding hydrogens is 266 g/mol. The van der Waals surface area contributed by atoms with Crippen molar-refractivity contribution in [3.05, 3.63) is 41.7 Å². The maximum absolute atomic E-state index is 5.68. The second-order valence-electron chi connectivity index (χ2n) is 4.74. The third kappa shape index (κ3) is 3.83. The molecule has 0 radical (unpaired) electrons. The van der Waals surface area contributed by atoms with Gasteiger partial charge in [0, 0.05) is 31.5 Å². The van der Waals surface area contributed by atoms with Crippen LogP contribution in [0, 0.1) is 6.92 Å². The molecule has 2 aromatic rings. The van der Waals surface area contributed by atoms with Crippen LogP contribution in [0.15, 0.2) is 30.5 Å². The maximum atomic E-state index is 5.68. The number of aromatic nitrogens is 2. The maximum Gasteiger partial charge on any atom is 0.144 e. The molecule has 0 unspecified atom stereocenters. The predicted octanol–water partition coefficient (Wildman–Crippen LogP) is 2.32. The standard InChI is InChI=1S/C16H23N3O2/c1-4-21-16-8-6-5-7-15(16)19-13(2)14(12-18-19)11-17-9-10-20-3/h5-8,12,17H,4,9-11H2,1-3H3. The van der Waals surface area contributed by atoms with Gasteiger partial charge in [-0.3, -0.25) is 0 Å². The highest BCUT2D eigenvalue weighted by Crippen LogP contribution is 2.24. The van der Waals surface area contributed by atoms with Crippen molar-refractivity contribution in [1.29, 1.82) is 0 Å². The van der Waals surface area contributed by atoms with Crippen LogP contribution in [-0.4, -0.2) is 36.6 Å². The van der Waals surface area contributed by atoms with Crippen molar-refractivity contribution in [2.75, 3.05) is 26.9 Å². The fourth-order valence-electron chi connectivity index (χ4n) is 2.17. The first-order valence-corrected chi connectivity index (χ1v) is 7.23. The van der Waals surface area contributed by atoms with Crippen molar-refractivity contribution >= 4 is 0 Å². The molecule has 5 nitrogen and oxygen atoms in total. The number of ether oxygens (including phenoxy) is 2. The Morgan fingerprint density at radius 1 is 1.29 bits per heavy atom. The molecule has 0 aliphatic carbocycles. The van der Waals surface area contributed by atoms with E-state index < -0.39 is 0 Å². The lowest BCUT2D eigenvalue weighted by atomic mass is 10.2. The van der Waals surface area contributed by atoms with Crippen LogP contribution in [0.5, 0.6) is 5.75 Å². The molecule has 0 spiro atoms. The average Bonchev–Trinajstić information content (AvgIpc) is 2.86. The van der Waals surface area contributed by atoms with Gasteiger partial charge in [0.15, 0.2) is 0 Å². The Labute approximate surface area is 125 Å². The van der Waals surface area contributed by atoms with Gasteiger partial charge in [0.2, 0.25) is 0 Å². The van der Waals surface area contributed by atoms with E-state index in [-0.39, 0.29) is 0 Å². The smallest absolute Gasteiger partial charge is 0.144 e. The molecule has 1 N–H and O–H groups in total. The van der Waals surface area contributed by atoms with Gasteiger partial charge in [-0.25, -0.2) is 4.68 Å². The number of rotatable bonds is 8. The monoisotopic (exact) mass is 289 g/mol. The van der Waals surface area contributed by atoms with E-state index in [2.05, 4.69) is 17.3 Å². The van der Waals surface area contributed by atoms with E-state index in [0.29, 0.717) is 13.2 Å². The largest absolute Gasteiger partial charge is 0.492 e. The first kappa shape index (κ1) is 15.5. The summed E-state index contributed by atoms with van der Waals surface area (Å²) in [4.78, 5) is 0. The quantitative estimate of drug-likeness (QED) is 0.758.